The first-order chi connectivity index (χ1) is 16.0. The fourth-order valence-corrected chi connectivity index (χ4v) is 4.58. The van der Waals surface area contributed by atoms with E-state index in [0.29, 0.717) is 33.9 Å². The summed E-state index contributed by atoms with van der Waals surface area (Å²) in [4.78, 5) is 28.2. The fourth-order valence-electron chi connectivity index (χ4n) is 4.39. The molecule has 0 unspecified atom stereocenters. The molecule has 8 heteroatoms. The summed E-state index contributed by atoms with van der Waals surface area (Å²) in [5.74, 6) is 0. The number of rotatable bonds is 5. The first-order valence-corrected chi connectivity index (χ1v) is 11.4. The van der Waals surface area contributed by atoms with Crippen molar-refractivity contribution in [2.75, 3.05) is 26.3 Å². The van der Waals surface area contributed by atoms with Gasteiger partial charge in [0.2, 0.25) is 0 Å². The molecule has 1 aliphatic rings. The lowest BCUT2D eigenvalue weighted by molar-refractivity contribution is 0.0342. The van der Waals surface area contributed by atoms with Gasteiger partial charge in [-0.05, 0) is 36.2 Å². The molecule has 0 bridgehead atoms. The number of nitrogens with one attached hydrogen (secondary N) is 1. The van der Waals surface area contributed by atoms with Crippen molar-refractivity contribution in [3.05, 3.63) is 97.1 Å². The molecule has 0 atom stereocenters. The zero-order chi connectivity index (χ0) is 22.9. The molecule has 2 aromatic heterocycles. The number of nitrogens with zero attached hydrogens (tertiary/aromatic N) is 3. The molecule has 0 saturated carbocycles. The zero-order valence-electron chi connectivity index (χ0n) is 18.4. The molecule has 1 saturated heterocycles. The van der Waals surface area contributed by atoms with Crippen LogP contribution in [0, 0.1) is 6.92 Å². The number of benzene rings is 2. The van der Waals surface area contributed by atoms with E-state index in [1.54, 1.807) is 27.4 Å². The Hall–Kier alpha value is -3.13. The van der Waals surface area contributed by atoms with Gasteiger partial charge in [0.1, 0.15) is 0 Å². The molecule has 2 aromatic carbocycles. The minimum absolute atomic E-state index is 0.160. The van der Waals surface area contributed by atoms with Crippen molar-refractivity contribution in [1.29, 1.82) is 0 Å². The number of hydrogen-bond acceptors (Lipinski definition) is 4. The third-order valence-corrected chi connectivity index (χ3v) is 6.41. The molecule has 33 heavy (non-hydrogen) atoms. The number of fused-ring (bicyclic) bond motifs is 1. The molecular formula is C25H25ClN4O3. The molecule has 0 amide bonds. The summed E-state index contributed by atoms with van der Waals surface area (Å²) < 4.78 is 8.67. The van der Waals surface area contributed by atoms with Crippen LogP contribution >= 0.6 is 11.6 Å². The van der Waals surface area contributed by atoms with E-state index in [2.05, 4.69) is 22.1 Å². The molecule has 5 rings (SSSR count). The van der Waals surface area contributed by atoms with Crippen LogP contribution in [0.5, 0.6) is 0 Å². The number of aromatic amines is 1. The average Bonchev–Trinajstić information content (AvgIpc) is 3.14. The predicted molar refractivity (Wildman–Crippen MR) is 130 cm³/mol. The van der Waals surface area contributed by atoms with E-state index in [0.717, 1.165) is 38.4 Å². The number of pyridine rings is 1. The van der Waals surface area contributed by atoms with E-state index in [9.17, 15) is 9.59 Å². The first-order valence-electron chi connectivity index (χ1n) is 11.0. The highest BCUT2D eigenvalue weighted by molar-refractivity contribution is 6.30. The van der Waals surface area contributed by atoms with E-state index in [1.807, 2.05) is 25.1 Å². The maximum Gasteiger partial charge on any atom is 0.274 e. The molecule has 170 valence electrons. The Morgan fingerprint density at radius 1 is 0.970 bits per heavy atom. The lowest BCUT2D eigenvalue weighted by Gasteiger charge is -2.26. The van der Waals surface area contributed by atoms with Crippen molar-refractivity contribution >= 4 is 22.5 Å². The fraction of sp³-hybridized carbons (Fsp3) is 0.280. The Morgan fingerprint density at radius 3 is 2.36 bits per heavy atom. The summed E-state index contributed by atoms with van der Waals surface area (Å²) in [7, 11) is 0. The number of aromatic nitrogens is 3. The van der Waals surface area contributed by atoms with Crippen molar-refractivity contribution in [3.63, 3.8) is 0 Å². The van der Waals surface area contributed by atoms with Crippen LogP contribution in [0.4, 0.5) is 0 Å². The monoisotopic (exact) mass is 464 g/mol. The maximum absolute atomic E-state index is 13.0. The topological polar surface area (TPSA) is 72.3 Å². The lowest BCUT2D eigenvalue weighted by atomic mass is 10.1. The van der Waals surface area contributed by atoms with Crippen LogP contribution in [-0.4, -0.2) is 45.6 Å². The van der Waals surface area contributed by atoms with Crippen LogP contribution in [0.25, 0.3) is 16.6 Å². The van der Waals surface area contributed by atoms with Crippen molar-refractivity contribution in [2.45, 2.75) is 20.0 Å². The van der Waals surface area contributed by atoms with Gasteiger partial charge in [-0.25, -0.2) is 0 Å². The van der Waals surface area contributed by atoms with Gasteiger partial charge in [0.15, 0.2) is 0 Å². The van der Waals surface area contributed by atoms with Gasteiger partial charge < -0.3 is 9.30 Å². The summed E-state index contributed by atoms with van der Waals surface area (Å²) in [5, 5.41) is 3.89. The Labute approximate surface area is 195 Å². The van der Waals surface area contributed by atoms with Crippen molar-refractivity contribution in [3.8, 4) is 5.69 Å². The number of ether oxygens (including phenoxy) is 1. The van der Waals surface area contributed by atoms with Gasteiger partial charge in [0, 0.05) is 36.4 Å². The first kappa shape index (κ1) is 21.7. The predicted octanol–water partition coefficient (Wildman–Crippen LogP) is 3.32. The van der Waals surface area contributed by atoms with Crippen LogP contribution in [0.2, 0.25) is 5.02 Å². The number of halogens is 1. The SMILES string of the molecule is Cc1c2c(=O)[nH]n(-c3cccc(Cl)c3)c2cc(=O)n1Cc1ccc(CN2CCOCC2)cc1. The molecule has 3 heterocycles. The van der Waals surface area contributed by atoms with Crippen molar-refractivity contribution < 1.29 is 4.74 Å². The number of morpholine rings is 1. The molecule has 0 aliphatic carbocycles. The zero-order valence-corrected chi connectivity index (χ0v) is 19.1. The van der Waals surface area contributed by atoms with Crippen LogP contribution in [0.3, 0.4) is 0 Å². The van der Waals surface area contributed by atoms with Gasteiger partial charge >= 0.3 is 0 Å². The number of hydrogen-bond donors (Lipinski definition) is 1. The van der Waals surface area contributed by atoms with Crippen LogP contribution in [0.15, 0.2) is 64.2 Å². The quantitative estimate of drug-likeness (QED) is 0.492. The minimum atomic E-state index is -0.239. The highest BCUT2D eigenvalue weighted by Crippen LogP contribution is 2.20. The third kappa shape index (κ3) is 4.39. The number of aryl methyl sites for hydroxylation is 1. The minimum Gasteiger partial charge on any atom is -0.379 e. The maximum atomic E-state index is 13.0. The van der Waals surface area contributed by atoms with Gasteiger partial charge in [-0.2, -0.15) is 0 Å². The summed E-state index contributed by atoms with van der Waals surface area (Å²) in [6, 6.07) is 17.0. The molecule has 0 radical (unpaired) electrons. The highest BCUT2D eigenvalue weighted by Gasteiger charge is 2.16. The van der Waals surface area contributed by atoms with E-state index in [4.69, 9.17) is 16.3 Å². The van der Waals surface area contributed by atoms with Gasteiger partial charge in [-0.1, -0.05) is 41.9 Å². The molecule has 1 fully saturated rings. The second kappa shape index (κ2) is 9.02. The van der Waals surface area contributed by atoms with E-state index < -0.39 is 0 Å². The Morgan fingerprint density at radius 2 is 1.67 bits per heavy atom. The lowest BCUT2D eigenvalue weighted by Crippen LogP contribution is -2.35. The van der Waals surface area contributed by atoms with Crippen LogP contribution in [-0.2, 0) is 17.8 Å². The third-order valence-electron chi connectivity index (χ3n) is 6.17. The summed E-state index contributed by atoms with van der Waals surface area (Å²) >= 11 is 6.12. The normalized spacial score (nSPS) is 14.7. The Balaban J connectivity index is 1.45. The largest absolute Gasteiger partial charge is 0.379 e. The van der Waals surface area contributed by atoms with Gasteiger partial charge in [0.05, 0.1) is 36.3 Å². The van der Waals surface area contributed by atoms with E-state index >= 15 is 0 Å². The highest BCUT2D eigenvalue weighted by atomic mass is 35.5. The van der Waals surface area contributed by atoms with E-state index in [1.165, 1.54) is 11.6 Å². The van der Waals surface area contributed by atoms with Crippen LogP contribution < -0.4 is 11.1 Å². The molecule has 1 aliphatic heterocycles. The summed E-state index contributed by atoms with van der Waals surface area (Å²) in [6.07, 6.45) is 0. The molecule has 4 aromatic rings. The second-order valence-electron chi connectivity index (χ2n) is 8.38. The van der Waals surface area contributed by atoms with Gasteiger partial charge in [0.25, 0.3) is 11.1 Å². The molecule has 0 spiro atoms. The standard InChI is InChI=1S/C25H25ClN4O3/c1-17-24-22(30(27-25(24)32)21-4-2-3-20(26)13-21)14-23(31)29(17)16-19-7-5-18(6-8-19)15-28-9-11-33-12-10-28/h2-8,13-14H,9-12,15-16H2,1H3,(H,27,32). The van der Waals surface area contributed by atoms with Gasteiger partial charge in [-0.15, -0.1) is 0 Å². The molecule has 7 nitrogen and oxygen atoms in total. The van der Waals surface area contributed by atoms with Crippen molar-refractivity contribution in [1.82, 2.24) is 19.2 Å². The number of H-pyrrole nitrogens is 1. The smallest absolute Gasteiger partial charge is 0.274 e. The summed E-state index contributed by atoms with van der Waals surface area (Å²) in [6.45, 7) is 6.55. The molecule has 1 N–H and O–H groups in total. The Kier molecular flexibility index (Phi) is 5.93. The van der Waals surface area contributed by atoms with E-state index in [-0.39, 0.29) is 11.1 Å². The van der Waals surface area contributed by atoms with Crippen LogP contribution in [0.1, 0.15) is 16.8 Å². The second-order valence-corrected chi connectivity index (χ2v) is 8.81. The Bertz CT molecular complexity index is 1410. The molecular weight excluding hydrogens is 440 g/mol. The van der Waals surface area contributed by atoms with Gasteiger partial charge in [-0.3, -0.25) is 24.3 Å². The van der Waals surface area contributed by atoms with Crippen molar-refractivity contribution in [2.24, 2.45) is 0 Å². The summed E-state index contributed by atoms with van der Waals surface area (Å²) in [5.41, 5.74) is 3.72. The average molecular weight is 465 g/mol.